The Morgan fingerprint density at radius 3 is 1.38 bits per heavy atom. The van der Waals surface area contributed by atoms with E-state index in [1.54, 1.807) is 14.2 Å². The maximum absolute atomic E-state index is 5.25. The average Bonchev–Trinajstić information content (AvgIpc) is 3.04. The zero-order chi connectivity index (χ0) is 14.7. The minimum atomic E-state index is 0.615. The first-order valence-corrected chi connectivity index (χ1v) is 7.59. The minimum Gasteiger partial charge on any atom is -0.497 e. The second-order valence-corrected chi connectivity index (χ2v) is 5.69. The minimum absolute atomic E-state index is 0.615. The van der Waals surface area contributed by atoms with Gasteiger partial charge in [0, 0.05) is 0 Å². The lowest BCUT2D eigenvalue weighted by atomic mass is 9.84. The van der Waals surface area contributed by atoms with Gasteiger partial charge in [-0.05, 0) is 60.1 Å². The second-order valence-electron chi connectivity index (χ2n) is 5.69. The molecule has 0 bridgehead atoms. The smallest absolute Gasteiger partial charge is 0.118 e. The van der Waals surface area contributed by atoms with E-state index in [4.69, 9.17) is 9.47 Å². The van der Waals surface area contributed by atoms with E-state index in [9.17, 15) is 0 Å². The highest BCUT2D eigenvalue weighted by atomic mass is 16.5. The number of benzene rings is 2. The summed E-state index contributed by atoms with van der Waals surface area (Å²) in [4.78, 5) is 0. The summed E-state index contributed by atoms with van der Waals surface area (Å²) in [6.07, 6.45) is 3.83. The monoisotopic (exact) mass is 282 g/mol. The van der Waals surface area contributed by atoms with Gasteiger partial charge >= 0.3 is 0 Å². The Labute approximate surface area is 126 Å². The van der Waals surface area contributed by atoms with Crippen LogP contribution in [0.4, 0.5) is 0 Å². The van der Waals surface area contributed by atoms with E-state index in [-0.39, 0.29) is 0 Å². The fourth-order valence-corrected chi connectivity index (χ4v) is 3.46. The Kier molecular flexibility index (Phi) is 4.14. The third-order valence-electron chi connectivity index (χ3n) is 4.60. The van der Waals surface area contributed by atoms with Gasteiger partial charge in [0.15, 0.2) is 0 Å². The van der Waals surface area contributed by atoms with Crippen LogP contribution in [0.3, 0.4) is 0 Å². The highest BCUT2D eigenvalue weighted by Crippen LogP contribution is 2.46. The van der Waals surface area contributed by atoms with E-state index < -0.39 is 0 Å². The molecule has 0 aromatic heterocycles. The van der Waals surface area contributed by atoms with Crippen LogP contribution in [-0.2, 0) is 0 Å². The second kappa shape index (κ2) is 6.21. The van der Waals surface area contributed by atoms with Crippen molar-refractivity contribution in [3.05, 3.63) is 59.7 Å². The van der Waals surface area contributed by atoms with Crippen molar-refractivity contribution in [2.75, 3.05) is 14.2 Å². The van der Waals surface area contributed by atoms with E-state index in [1.165, 1.54) is 30.4 Å². The molecule has 2 heteroatoms. The van der Waals surface area contributed by atoms with Gasteiger partial charge in [0.25, 0.3) is 0 Å². The standard InChI is InChI=1S/C19H22O2/c1-20-16-10-6-14(7-11-16)18-4-3-5-19(18)15-8-12-17(21-2)13-9-15/h6-13,18-19H,3-5H2,1-2H3/t18-,19+. The quantitative estimate of drug-likeness (QED) is 0.805. The predicted molar refractivity (Wildman–Crippen MR) is 85.3 cm³/mol. The van der Waals surface area contributed by atoms with Crippen molar-refractivity contribution >= 4 is 0 Å². The molecule has 21 heavy (non-hydrogen) atoms. The van der Waals surface area contributed by atoms with Gasteiger partial charge in [-0.25, -0.2) is 0 Å². The summed E-state index contributed by atoms with van der Waals surface area (Å²) < 4.78 is 10.5. The van der Waals surface area contributed by atoms with Gasteiger partial charge in [-0.2, -0.15) is 0 Å². The number of methoxy groups -OCH3 is 2. The summed E-state index contributed by atoms with van der Waals surface area (Å²) in [6, 6.07) is 17.1. The Hall–Kier alpha value is -1.96. The number of rotatable bonds is 4. The lowest BCUT2D eigenvalue weighted by Gasteiger charge is -2.21. The van der Waals surface area contributed by atoms with Crippen LogP contribution in [0, 0.1) is 0 Å². The molecular weight excluding hydrogens is 260 g/mol. The van der Waals surface area contributed by atoms with E-state index in [2.05, 4.69) is 48.5 Å². The van der Waals surface area contributed by atoms with Crippen LogP contribution in [0.25, 0.3) is 0 Å². The molecule has 0 amide bonds. The summed E-state index contributed by atoms with van der Waals surface area (Å²) in [7, 11) is 3.43. The molecule has 2 atom stereocenters. The first-order chi connectivity index (χ1) is 10.3. The molecule has 0 radical (unpaired) electrons. The zero-order valence-electron chi connectivity index (χ0n) is 12.7. The fourth-order valence-electron chi connectivity index (χ4n) is 3.46. The fraction of sp³-hybridized carbons (Fsp3) is 0.368. The Morgan fingerprint density at radius 1 is 0.667 bits per heavy atom. The average molecular weight is 282 g/mol. The van der Waals surface area contributed by atoms with Crippen molar-refractivity contribution in [1.29, 1.82) is 0 Å². The number of hydrogen-bond donors (Lipinski definition) is 0. The van der Waals surface area contributed by atoms with Crippen LogP contribution in [0.5, 0.6) is 11.5 Å². The Bertz CT molecular complexity index is 518. The van der Waals surface area contributed by atoms with Gasteiger partial charge in [0.1, 0.15) is 11.5 Å². The van der Waals surface area contributed by atoms with Crippen molar-refractivity contribution in [2.45, 2.75) is 31.1 Å². The number of ether oxygens (including phenoxy) is 2. The predicted octanol–water partition coefficient (Wildman–Crippen LogP) is 4.76. The first-order valence-electron chi connectivity index (χ1n) is 7.59. The van der Waals surface area contributed by atoms with Gasteiger partial charge in [-0.15, -0.1) is 0 Å². The molecule has 0 N–H and O–H groups in total. The van der Waals surface area contributed by atoms with E-state index >= 15 is 0 Å². The molecule has 0 unspecified atom stereocenters. The van der Waals surface area contributed by atoms with Crippen LogP contribution in [-0.4, -0.2) is 14.2 Å². The van der Waals surface area contributed by atoms with Crippen molar-refractivity contribution in [1.82, 2.24) is 0 Å². The van der Waals surface area contributed by atoms with Crippen LogP contribution in [0.1, 0.15) is 42.2 Å². The number of hydrogen-bond acceptors (Lipinski definition) is 2. The van der Waals surface area contributed by atoms with Crippen molar-refractivity contribution in [2.24, 2.45) is 0 Å². The zero-order valence-corrected chi connectivity index (χ0v) is 12.7. The van der Waals surface area contributed by atoms with E-state index in [1.807, 2.05) is 0 Å². The molecule has 0 aliphatic heterocycles. The molecule has 1 fully saturated rings. The largest absolute Gasteiger partial charge is 0.497 e. The third-order valence-corrected chi connectivity index (χ3v) is 4.60. The maximum Gasteiger partial charge on any atom is 0.118 e. The highest BCUT2D eigenvalue weighted by Gasteiger charge is 2.29. The molecular formula is C19H22O2. The molecule has 2 nitrogen and oxygen atoms in total. The Balaban J connectivity index is 1.83. The van der Waals surface area contributed by atoms with Crippen molar-refractivity contribution in [3.8, 4) is 11.5 Å². The summed E-state index contributed by atoms with van der Waals surface area (Å²) >= 11 is 0. The van der Waals surface area contributed by atoms with Crippen LogP contribution < -0.4 is 9.47 Å². The molecule has 3 rings (SSSR count). The van der Waals surface area contributed by atoms with Crippen molar-refractivity contribution in [3.63, 3.8) is 0 Å². The third kappa shape index (κ3) is 2.90. The maximum atomic E-state index is 5.25. The van der Waals surface area contributed by atoms with Crippen molar-refractivity contribution < 1.29 is 9.47 Å². The Morgan fingerprint density at radius 2 is 1.05 bits per heavy atom. The summed E-state index contributed by atoms with van der Waals surface area (Å²) in [5.41, 5.74) is 2.85. The lowest BCUT2D eigenvalue weighted by molar-refractivity contribution is 0.414. The molecule has 0 spiro atoms. The van der Waals surface area contributed by atoms with Crippen LogP contribution >= 0.6 is 0 Å². The highest BCUT2D eigenvalue weighted by molar-refractivity contribution is 5.36. The summed E-state index contributed by atoms with van der Waals surface area (Å²) in [5.74, 6) is 3.09. The normalized spacial score (nSPS) is 21.2. The molecule has 0 heterocycles. The molecule has 2 aromatic carbocycles. The molecule has 0 saturated heterocycles. The van der Waals surface area contributed by atoms with Crippen LogP contribution in [0.2, 0.25) is 0 Å². The molecule has 1 saturated carbocycles. The van der Waals surface area contributed by atoms with Gasteiger partial charge in [0.2, 0.25) is 0 Å². The lowest BCUT2D eigenvalue weighted by Crippen LogP contribution is -2.04. The summed E-state index contributed by atoms with van der Waals surface area (Å²) in [6.45, 7) is 0. The topological polar surface area (TPSA) is 18.5 Å². The summed E-state index contributed by atoms with van der Waals surface area (Å²) in [5, 5.41) is 0. The van der Waals surface area contributed by atoms with E-state index in [0.29, 0.717) is 11.8 Å². The molecule has 1 aliphatic rings. The van der Waals surface area contributed by atoms with Gasteiger partial charge in [0.05, 0.1) is 14.2 Å². The molecule has 1 aliphatic carbocycles. The van der Waals surface area contributed by atoms with Gasteiger partial charge in [-0.1, -0.05) is 30.7 Å². The molecule has 2 aromatic rings. The van der Waals surface area contributed by atoms with Gasteiger partial charge < -0.3 is 9.47 Å². The SMILES string of the molecule is COc1ccc([C@H]2CCC[C@H]2c2ccc(OC)cc2)cc1. The first kappa shape index (κ1) is 14.0. The molecule has 110 valence electrons. The van der Waals surface area contributed by atoms with Gasteiger partial charge in [-0.3, -0.25) is 0 Å². The van der Waals surface area contributed by atoms with E-state index in [0.717, 1.165) is 11.5 Å². The van der Waals surface area contributed by atoms with Crippen LogP contribution in [0.15, 0.2) is 48.5 Å².